The van der Waals surface area contributed by atoms with Gasteiger partial charge < -0.3 is 19.5 Å². The molecule has 5 heteroatoms. The molecule has 0 bridgehead atoms. The molecule has 2 fully saturated rings. The van der Waals surface area contributed by atoms with Crippen LogP contribution in [0, 0.1) is 0 Å². The lowest BCUT2D eigenvalue weighted by Gasteiger charge is -2.41. The lowest BCUT2D eigenvalue weighted by atomic mass is 9.81. The SMILES string of the molecule is COc1ccc2c3c(c4cc(OC)c(OC)cc4c2c1)CN1CCC[C@H]1[C@@H]3NC1CCCC1. The maximum absolute atomic E-state index is 5.73. The largest absolute Gasteiger partial charge is 0.497 e. The predicted octanol–water partition coefficient (Wildman–Crippen LogP) is 5.57. The Morgan fingerprint density at radius 2 is 1.52 bits per heavy atom. The van der Waals surface area contributed by atoms with Crippen LogP contribution in [0.2, 0.25) is 0 Å². The van der Waals surface area contributed by atoms with E-state index < -0.39 is 0 Å². The second-order valence-corrected chi connectivity index (χ2v) is 9.86. The van der Waals surface area contributed by atoms with Crippen LogP contribution in [0.5, 0.6) is 17.2 Å². The fourth-order valence-electron chi connectivity index (χ4n) is 6.65. The van der Waals surface area contributed by atoms with E-state index in [-0.39, 0.29) is 0 Å². The van der Waals surface area contributed by atoms with Gasteiger partial charge in [0.2, 0.25) is 0 Å². The fraction of sp³-hybridized carbons (Fsp3) is 0.500. The Morgan fingerprint density at radius 1 is 0.788 bits per heavy atom. The third-order valence-electron chi connectivity index (χ3n) is 8.22. The van der Waals surface area contributed by atoms with Gasteiger partial charge in [0.25, 0.3) is 0 Å². The molecular weight excluding hydrogens is 412 g/mol. The number of methoxy groups -OCH3 is 3. The molecule has 0 unspecified atom stereocenters. The summed E-state index contributed by atoms with van der Waals surface area (Å²) in [7, 11) is 5.18. The second kappa shape index (κ2) is 8.37. The Bertz CT molecular complexity index is 1200. The second-order valence-electron chi connectivity index (χ2n) is 9.86. The number of nitrogens with zero attached hydrogens (tertiary/aromatic N) is 1. The molecule has 0 radical (unpaired) electrons. The highest BCUT2D eigenvalue weighted by molar-refractivity contribution is 6.12. The first-order valence-electron chi connectivity index (χ1n) is 12.4. The Balaban J connectivity index is 1.66. The lowest BCUT2D eigenvalue weighted by Crippen LogP contribution is -2.47. The number of nitrogens with one attached hydrogen (secondary N) is 1. The summed E-state index contributed by atoms with van der Waals surface area (Å²) in [5.41, 5.74) is 2.93. The van der Waals surface area contributed by atoms with Gasteiger partial charge in [-0.05, 0) is 89.2 Å². The van der Waals surface area contributed by atoms with E-state index in [1.165, 1.54) is 77.7 Å². The molecule has 2 aliphatic heterocycles. The van der Waals surface area contributed by atoms with Crippen molar-refractivity contribution in [3.63, 3.8) is 0 Å². The molecular formula is C28H34N2O3. The van der Waals surface area contributed by atoms with Crippen LogP contribution in [0.3, 0.4) is 0 Å². The van der Waals surface area contributed by atoms with Gasteiger partial charge in [0.1, 0.15) is 5.75 Å². The van der Waals surface area contributed by atoms with Gasteiger partial charge in [0.05, 0.1) is 21.3 Å². The van der Waals surface area contributed by atoms with Gasteiger partial charge in [-0.3, -0.25) is 4.90 Å². The van der Waals surface area contributed by atoms with Crippen LogP contribution >= 0.6 is 0 Å². The lowest BCUT2D eigenvalue weighted by molar-refractivity contribution is 0.172. The molecule has 0 amide bonds. The predicted molar refractivity (Wildman–Crippen MR) is 133 cm³/mol. The van der Waals surface area contributed by atoms with E-state index in [0.29, 0.717) is 18.1 Å². The van der Waals surface area contributed by atoms with Crippen molar-refractivity contribution in [2.24, 2.45) is 0 Å². The summed E-state index contributed by atoms with van der Waals surface area (Å²) in [6.07, 6.45) is 7.83. The zero-order chi connectivity index (χ0) is 22.5. The highest BCUT2D eigenvalue weighted by Gasteiger charge is 2.41. The monoisotopic (exact) mass is 446 g/mol. The average Bonchev–Trinajstić information content (AvgIpc) is 3.54. The molecule has 174 valence electrons. The smallest absolute Gasteiger partial charge is 0.161 e. The summed E-state index contributed by atoms with van der Waals surface area (Å²) >= 11 is 0. The molecule has 3 aliphatic rings. The van der Waals surface area contributed by atoms with Crippen molar-refractivity contribution in [2.75, 3.05) is 27.9 Å². The summed E-state index contributed by atoms with van der Waals surface area (Å²) < 4.78 is 17.1. The van der Waals surface area contributed by atoms with Gasteiger partial charge in [-0.25, -0.2) is 0 Å². The van der Waals surface area contributed by atoms with Crippen molar-refractivity contribution >= 4 is 21.5 Å². The zero-order valence-electron chi connectivity index (χ0n) is 19.9. The van der Waals surface area contributed by atoms with Crippen LogP contribution in [0.4, 0.5) is 0 Å². The molecule has 0 spiro atoms. The van der Waals surface area contributed by atoms with Crippen LogP contribution in [0.25, 0.3) is 21.5 Å². The Hall–Kier alpha value is -2.50. The van der Waals surface area contributed by atoms with E-state index in [4.69, 9.17) is 14.2 Å². The maximum atomic E-state index is 5.73. The summed E-state index contributed by atoms with van der Waals surface area (Å²) in [6.45, 7) is 2.18. The average molecular weight is 447 g/mol. The molecule has 2 heterocycles. The molecule has 3 aromatic carbocycles. The Labute approximate surface area is 196 Å². The van der Waals surface area contributed by atoms with Crippen molar-refractivity contribution in [3.05, 3.63) is 41.5 Å². The summed E-state index contributed by atoms with van der Waals surface area (Å²) in [6, 6.07) is 12.5. The molecule has 1 N–H and O–H groups in total. The number of rotatable bonds is 5. The van der Waals surface area contributed by atoms with Crippen LogP contribution in [0.1, 0.15) is 55.7 Å². The first-order chi connectivity index (χ1) is 16.2. The third-order valence-corrected chi connectivity index (χ3v) is 8.22. The van der Waals surface area contributed by atoms with Crippen LogP contribution < -0.4 is 19.5 Å². The minimum absolute atomic E-state index is 0.354. The topological polar surface area (TPSA) is 43.0 Å². The van der Waals surface area contributed by atoms with E-state index in [2.05, 4.69) is 40.5 Å². The number of benzene rings is 3. The molecule has 5 nitrogen and oxygen atoms in total. The minimum Gasteiger partial charge on any atom is -0.497 e. The summed E-state index contributed by atoms with van der Waals surface area (Å²) in [5.74, 6) is 2.44. The van der Waals surface area contributed by atoms with E-state index in [9.17, 15) is 0 Å². The number of fused-ring (bicyclic) bond motifs is 7. The summed E-state index contributed by atoms with van der Waals surface area (Å²) in [5, 5.41) is 9.20. The van der Waals surface area contributed by atoms with E-state index in [0.717, 1.165) is 23.8 Å². The number of ether oxygens (including phenoxy) is 3. The molecule has 2 atom stereocenters. The normalized spacial score (nSPS) is 23.1. The number of hydrogen-bond acceptors (Lipinski definition) is 5. The van der Waals surface area contributed by atoms with Crippen molar-refractivity contribution in [2.45, 2.75) is 63.2 Å². The third kappa shape index (κ3) is 3.36. The van der Waals surface area contributed by atoms with E-state index in [1.54, 1.807) is 21.3 Å². The van der Waals surface area contributed by atoms with Gasteiger partial charge in [-0.1, -0.05) is 18.9 Å². The minimum atomic E-state index is 0.354. The van der Waals surface area contributed by atoms with Gasteiger partial charge in [-0.15, -0.1) is 0 Å². The zero-order valence-corrected chi connectivity index (χ0v) is 19.9. The van der Waals surface area contributed by atoms with Gasteiger partial charge >= 0.3 is 0 Å². The molecule has 33 heavy (non-hydrogen) atoms. The molecule has 1 saturated carbocycles. The van der Waals surface area contributed by atoms with Crippen molar-refractivity contribution in [1.82, 2.24) is 10.2 Å². The first-order valence-corrected chi connectivity index (χ1v) is 12.4. The van der Waals surface area contributed by atoms with Crippen LogP contribution in [-0.4, -0.2) is 44.9 Å². The summed E-state index contributed by atoms with van der Waals surface area (Å²) in [4.78, 5) is 2.71. The molecule has 1 saturated heterocycles. The van der Waals surface area contributed by atoms with Gasteiger partial charge in [-0.2, -0.15) is 0 Å². The van der Waals surface area contributed by atoms with Crippen molar-refractivity contribution < 1.29 is 14.2 Å². The standard InChI is InChI=1S/C28H34N2O3/c1-31-18-10-11-19-20(13-18)21-14-25(32-2)26(33-3)15-22(21)23-16-30-12-6-9-24(30)28(27(19)23)29-17-7-4-5-8-17/h10-11,13-15,17,24,28-29H,4-9,12,16H2,1-3H3/t24-,28-/m0/s1. The molecule has 6 rings (SSSR count). The Morgan fingerprint density at radius 3 is 2.24 bits per heavy atom. The molecule has 3 aromatic rings. The highest BCUT2D eigenvalue weighted by Crippen LogP contribution is 2.48. The van der Waals surface area contributed by atoms with E-state index >= 15 is 0 Å². The Kier molecular flexibility index (Phi) is 5.34. The maximum Gasteiger partial charge on any atom is 0.161 e. The van der Waals surface area contributed by atoms with Crippen molar-refractivity contribution in [3.8, 4) is 17.2 Å². The highest BCUT2D eigenvalue weighted by atomic mass is 16.5. The van der Waals surface area contributed by atoms with E-state index in [1.807, 2.05) is 0 Å². The number of hydrogen-bond donors (Lipinski definition) is 1. The fourth-order valence-corrected chi connectivity index (χ4v) is 6.65. The molecule has 1 aliphatic carbocycles. The quantitative estimate of drug-likeness (QED) is 0.519. The van der Waals surface area contributed by atoms with Crippen LogP contribution in [0.15, 0.2) is 30.3 Å². The molecule has 0 aromatic heterocycles. The van der Waals surface area contributed by atoms with Crippen molar-refractivity contribution in [1.29, 1.82) is 0 Å². The van der Waals surface area contributed by atoms with Gasteiger partial charge in [0.15, 0.2) is 11.5 Å². The van der Waals surface area contributed by atoms with Gasteiger partial charge in [0, 0.05) is 24.7 Å². The van der Waals surface area contributed by atoms with Crippen LogP contribution in [-0.2, 0) is 6.54 Å². The first kappa shape index (κ1) is 21.1.